The van der Waals surface area contributed by atoms with Crippen molar-refractivity contribution in [3.05, 3.63) is 210 Å². The van der Waals surface area contributed by atoms with Crippen LogP contribution in [0.2, 0.25) is 0 Å². The third-order valence-corrected chi connectivity index (χ3v) is 14.3. The van der Waals surface area contributed by atoms with Crippen LogP contribution >= 0.6 is 0 Å². The fraction of sp³-hybridized carbons (Fsp3) is 0.405. The van der Waals surface area contributed by atoms with E-state index < -0.39 is 78.4 Å². The highest BCUT2D eigenvalue weighted by Gasteiger charge is 2.20. The molecule has 78 heavy (non-hydrogen) atoms. The standard InChI is InChI=1S/C20H28N.C19H26N.C18H24N.C17H22N/c1-13(2)17-8-9-20(21(7)12-17)19-11-15(5)18(14(3)4)10-16(19)6;1-12(2)17-8-15(5)18(9-14(17)4)19-10-13(3)16(6)11-20(19)7;1-12(2)16-7-8-18(19(6)11-16)17-10-14(4)13(3)9-15(17)5;1-11-7-14(4)16(8-12(11)2)17-9-13(3)15(5)10-18(17)6/h8-14H,1-7H3;8-12H,1-7H3;7-12H,1-6H3;7-10H,1-6H3/q4*+1/i1D3,3D3,13D,14D;1D3,6D3,12D;1D3,3D3,12D;1D3,5D3. The highest BCUT2D eigenvalue weighted by molar-refractivity contribution is 5.67. The Labute approximate surface area is 514 Å². The topological polar surface area (TPSA) is 15.5 Å². The van der Waals surface area contributed by atoms with Crippen LogP contribution in [0.15, 0.2) is 110 Å². The molecule has 0 bridgehead atoms. The molecule has 0 fully saturated rings. The SMILES string of the molecule is [2H]C([2H])([2H])C([2H])(C)c1ccc(-c2cc(C)c(C([2H])(C)C([2H])([2H])[2H])cc2C)[n+](C)c1.[2H]C([2H])([2H])c1c[n+](C)c(-c2cc(C)c(C([2H])(C)C([2H])([2H])[2H])cc2C)cc1C.[2H]C([2H])([2H])c1cc(C)c(-c2cc(C)c(C([2H])([2H])[2H])c[n+]2C)cc1C.[2H]C([2H])([2H])c1cc(C)c(-c2ccc(C([2H])(C)C([2H])([2H])[2H])c[n+]2C)cc1C. The molecular weight excluding hydrogens is 945 g/mol. The summed E-state index contributed by atoms with van der Waals surface area (Å²) < 4.78 is 224. The van der Waals surface area contributed by atoms with Crippen molar-refractivity contribution in [2.75, 3.05) is 0 Å². The number of aromatic nitrogens is 4. The summed E-state index contributed by atoms with van der Waals surface area (Å²) in [5.41, 5.74) is 17.4. The number of aryl methyl sites for hydroxylation is 18. The number of pyridine rings is 4. The first-order valence-corrected chi connectivity index (χ1v) is 26.0. The summed E-state index contributed by atoms with van der Waals surface area (Å²) in [5, 5.41) is 0. The van der Waals surface area contributed by atoms with E-state index in [0.717, 1.165) is 72.8 Å². The molecule has 4 heteroatoms. The summed E-state index contributed by atoms with van der Waals surface area (Å²) in [6, 6.07) is 24.9. The molecule has 4 heterocycles. The first kappa shape index (κ1) is 33.2. The highest BCUT2D eigenvalue weighted by Crippen LogP contribution is 2.32. The third-order valence-electron chi connectivity index (χ3n) is 14.3. The van der Waals surface area contributed by atoms with Crippen molar-refractivity contribution in [1.29, 1.82) is 0 Å². The summed E-state index contributed by atoms with van der Waals surface area (Å²) in [6.45, 7) is 5.34. The predicted molar refractivity (Wildman–Crippen MR) is 335 cm³/mol. The molecule has 4 unspecified atom stereocenters. The second-order valence-corrected chi connectivity index (χ2v) is 21.0. The Morgan fingerprint density at radius 1 is 0.295 bits per heavy atom. The van der Waals surface area contributed by atoms with Gasteiger partial charge in [0, 0.05) is 107 Å². The Hall–Kier alpha value is -6.52. The maximum absolute atomic E-state index is 8.39. The molecule has 0 amide bonds. The van der Waals surface area contributed by atoms with E-state index in [1.54, 1.807) is 161 Å². The van der Waals surface area contributed by atoms with Gasteiger partial charge in [0.05, 0.1) is 0 Å². The van der Waals surface area contributed by atoms with Crippen molar-refractivity contribution >= 4 is 0 Å². The minimum Gasteiger partial charge on any atom is -0.201 e. The zero-order valence-electron chi connectivity index (χ0n) is 77.2. The number of rotatable bonds is 8. The monoisotopic (exact) mass is 1070 g/mol. The van der Waals surface area contributed by atoms with Gasteiger partial charge in [-0.3, -0.25) is 0 Å². The van der Waals surface area contributed by atoms with Gasteiger partial charge >= 0.3 is 0 Å². The van der Waals surface area contributed by atoms with E-state index in [2.05, 4.69) is 0 Å². The fourth-order valence-electron chi connectivity index (χ4n) is 9.43. The molecule has 0 aliphatic carbocycles. The normalized spacial score (nSPS) is 20.7. The van der Waals surface area contributed by atoms with Gasteiger partial charge < -0.3 is 0 Å². The lowest BCUT2D eigenvalue weighted by Crippen LogP contribution is -2.31. The van der Waals surface area contributed by atoms with Crippen LogP contribution < -0.4 is 18.3 Å². The van der Waals surface area contributed by atoms with Crippen LogP contribution in [-0.2, 0) is 28.2 Å². The summed E-state index contributed by atoms with van der Waals surface area (Å²) in [7, 11) is 7.18. The predicted octanol–water partition coefficient (Wildman–Crippen LogP) is 17.5. The van der Waals surface area contributed by atoms with Gasteiger partial charge in [0.25, 0.3) is 0 Å². The van der Waals surface area contributed by atoms with Crippen LogP contribution in [-0.4, -0.2) is 0 Å². The number of hydrogen-bond donors (Lipinski definition) is 0. The summed E-state index contributed by atoms with van der Waals surface area (Å²) in [4.78, 5) is 0. The molecule has 0 aliphatic heterocycles. The molecule has 0 aliphatic rings. The van der Waals surface area contributed by atoms with E-state index in [1.807, 2.05) is 64.1 Å². The second kappa shape index (κ2) is 26.4. The van der Waals surface area contributed by atoms with Crippen molar-refractivity contribution < 1.29 is 56.6 Å². The van der Waals surface area contributed by atoms with Crippen LogP contribution in [0.3, 0.4) is 0 Å². The summed E-state index contributed by atoms with van der Waals surface area (Å²) in [5.74, 6) is -6.87. The van der Waals surface area contributed by atoms with Gasteiger partial charge in [-0.05, 0) is 235 Å². The molecule has 8 rings (SSSR count). The van der Waals surface area contributed by atoms with Gasteiger partial charge in [0.2, 0.25) is 22.8 Å². The van der Waals surface area contributed by atoms with Gasteiger partial charge in [-0.1, -0.05) is 79.4 Å². The second-order valence-electron chi connectivity index (χ2n) is 21.0. The first-order chi connectivity index (χ1) is 47.5. The van der Waals surface area contributed by atoms with E-state index in [1.165, 1.54) is 27.7 Å². The van der Waals surface area contributed by atoms with E-state index in [4.69, 9.17) is 38.4 Å². The fourth-order valence-corrected chi connectivity index (χ4v) is 9.43. The molecule has 4 aromatic carbocycles. The van der Waals surface area contributed by atoms with Crippen LogP contribution in [0.1, 0.15) is 217 Å². The maximum atomic E-state index is 8.39. The van der Waals surface area contributed by atoms with Gasteiger partial charge in [-0.15, -0.1) is 0 Å². The van der Waals surface area contributed by atoms with Crippen LogP contribution in [0, 0.1) is 96.6 Å². The lowest BCUT2D eigenvalue weighted by atomic mass is 9.91. The van der Waals surface area contributed by atoms with E-state index in [-0.39, 0.29) is 0 Å². The average molecular weight is 1070 g/mol. The Morgan fingerprint density at radius 2 is 0.590 bits per heavy atom. The lowest BCUT2D eigenvalue weighted by molar-refractivity contribution is -0.661. The lowest BCUT2D eigenvalue weighted by Gasteiger charge is -2.14. The Morgan fingerprint density at radius 3 is 0.910 bits per heavy atom. The number of benzene rings is 4. The smallest absolute Gasteiger partial charge is 0.201 e. The zero-order chi connectivity index (χ0) is 82.0. The molecule has 0 saturated heterocycles. The third kappa shape index (κ3) is 15.0. The molecule has 8 aromatic rings. The highest BCUT2D eigenvalue weighted by atomic mass is 14.9. The Balaban J connectivity index is 0.000000254. The first-order valence-electron chi connectivity index (χ1n) is 40.0. The molecule has 4 nitrogen and oxygen atoms in total. The van der Waals surface area contributed by atoms with Crippen molar-refractivity contribution in [2.45, 2.75) is 175 Å². The van der Waals surface area contributed by atoms with Crippen molar-refractivity contribution in [3.63, 3.8) is 0 Å². The molecule has 412 valence electrons. The number of nitrogens with zero attached hydrogens (tertiary/aromatic N) is 4. The zero-order valence-corrected chi connectivity index (χ0v) is 49.2. The van der Waals surface area contributed by atoms with E-state index >= 15 is 0 Å². The van der Waals surface area contributed by atoms with Gasteiger partial charge in [0.15, 0.2) is 24.8 Å². The minimum atomic E-state index is -2.45. The van der Waals surface area contributed by atoms with Crippen LogP contribution in [0.4, 0.5) is 0 Å². The molecular formula is C74H100N4+4. The molecule has 4 atom stereocenters. The largest absolute Gasteiger partial charge is 0.212 e. The summed E-state index contributed by atoms with van der Waals surface area (Å²) >= 11 is 0. The van der Waals surface area contributed by atoms with Crippen molar-refractivity contribution in [2.24, 2.45) is 28.2 Å². The van der Waals surface area contributed by atoms with Crippen LogP contribution in [0.5, 0.6) is 0 Å². The molecule has 4 aromatic heterocycles. The van der Waals surface area contributed by atoms with E-state index in [9.17, 15) is 0 Å². The number of hydrogen-bond acceptors (Lipinski definition) is 0. The Bertz CT molecular complexity index is 4500. The van der Waals surface area contributed by atoms with E-state index in [0.29, 0.717) is 72.3 Å². The molecule has 0 radical (unpaired) electrons. The Kier molecular flexibility index (Phi) is 11.2. The maximum Gasteiger partial charge on any atom is 0.212 e. The molecule has 0 spiro atoms. The van der Waals surface area contributed by atoms with Crippen LogP contribution in [0.25, 0.3) is 45.0 Å². The summed E-state index contributed by atoms with van der Waals surface area (Å²) in [6.07, 6.45) is 6.55. The quantitative estimate of drug-likeness (QED) is 0.135. The van der Waals surface area contributed by atoms with Gasteiger partial charge in [-0.25, -0.2) is 18.3 Å². The van der Waals surface area contributed by atoms with Crippen molar-refractivity contribution in [3.8, 4) is 45.0 Å². The minimum absolute atomic E-state index is 0.306. The van der Waals surface area contributed by atoms with Crippen molar-refractivity contribution in [1.82, 2.24) is 0 Å². The molecule has 0 N–H and O–H groups in total. The average Bonchev–Trinajstić information content (AvgIpc) is 0.767. The molecule has 0 saturated carbocycles. The van der Waals surface area contributed by atoms with Gasteiger partial charge in [0.1, 0.15) is 28.2 Å². The van der Waals surface area contributed by atoms with Gasteiger partial charge in [-0.2, -0.15) is 0 Å².